The third-order valence-electron chi connectivity index (χ3n) is 4.62. The SMILES string of the molecule is Cn1cc(CC2CCCCCCCCCCCC2)nn1. The van der Waals surface area contributed by atoms with Crippen molar-refractivity contribution in [2.45, 2.75) is 83.5 Å². The third-order valence-corrected chi connectivity index (χ3v) is 4.62. The van der Waals surface area contributed by atoms with Crippen LogP contribution in [-0.2, 0) is 13.5 Å². The van der Waals surface area contributed by atoms with Gasteiger partial charge >= 0.3 is 0 Å². The van der Waals surface area contributed by atoms with Crippen molar-refractivity contribution in [1.82, 2.24) is 15.0 Å². The minimum Gasteiger partial charge on any atom is -0.255 e. The molecule has 0 aromatic carbocycles. The summed E-state index contributed by atoms with van der Waals surface area (Å²) in [6.45, 7) is 0. The molecule has 1 fully saturated rings. The van der Waals surface area contributed by atoms with Gasteiger partial charge in [0.2, 0.25) is 0 Å². The van der Waals surface area contributed by atoms with Gasteiger partial charge in [0.25, 0.3) is 0 Å². The minimum atomic E-state index is 0.826. The Labute approximate surface area is 124 Å². The maximum atomic E-state index is 4.27. The van der Waals surface area contributed by atoms with Crippen LogP contribution in [0.25, 0.3) is 0 Å². The van der Waals surface area contributed by atoms with Crippen LogP contribution in [0.1, 0.15) is 82.7 Å². The molecule has 0 radical (unpaired) electrons. The van der Waals surface area contributed by atoms with E-state index in [2.05, 4.69) is 16.5 Å². The van der Waals surface area contributed by atoms with Gasteiger partial charge in [-0.3, -0.25) is 4.68 Å². The lowest BCUT2D eigenvalue weighted by molar-refractivity contribution is 0.402. The van der Waals surface area contributed by atoms with Gasteiger partial charge in [-0.05, 0) is 12.3 Å². The van der Waals surface area contributed by atoms with Gasteiger partial charge in [0.1, 0.15) is 0 Å². The summed E-state index contributed by atoms with van der Waals surface area (Å²) in [7, 11) is 1.96. The highest BCUT2D eigenvalue weighted by atomic mass is 15.4. The summed E-state index contributed by atoms with van der Waals surface area (Å²) in [5.41, 5.74) is 1.18. The van der Waals surface area contributed by atoms with Crippen molar-refractivity contribution < 1.29 is 0 Å². The van der Waals surface area contributed by atoms with Gasteiger partial charge in [0.15, 0.2) is 0 Å². The summed E-state index contributed by atoms with van der Waals surface area (Å²) >= 11 is 0. The van der Waals surface area contributed by atoms with Gasteiger partial charge in [-0.1, -0.05) is 82.3 Å². The average Bonchev–Trinajstić information content (AvgIpc) is 2.85. The zero-order valence-corrected chi connectivity index (χ0v) is 13.2. The van der Waals surface area contributed by atoms with Crippen LogP contribution in [0.2, 0.25) is 0 Å². The molecule has 114 valence electrons. The fourth-order valence-corrected chi connectivity index (χ4v) is 3.41. The minimum absolute atomic E-state index is 0.826. The molecular formula is C17H31N3. The first-order valence-corrected chi connectivity index (χ1v) is 8.70. The van der Waals surface area contributed by atoms with E-state index < -0.39 is 0 Å². The standard InChI is InChI=1S/C17H31N3/c1-20-15-17(18-19-20)14-16-12-10-8-6-4-2-3-5-7-9-11-13-16/h15-16H,2-14H2,1H3. The second-order valence-electron chi connectivity index (χ2n) is 6.57. The van der Waals surface area contributed by atoms with Crippen molar-refractivity contribution in [2.75, 3.05) is 0 Å². The fraction of sp³-hybridized carbons (Fsp3) is 0.882. The number of aryl methyl sites for hydroxylation is 1. The Morgan fingerprint density at radius 2 is 1.40 bits per heavy atom. The molecule has 1 heterocycles. The van der Waals surface area contributed by atoms with Crippen LogP contribution in [0, 0.1) is 5.92 Å². The smallest absolute Gasteiger partial charge is 0.0829 e. The molecule has 0 saturated heterocycles. The van der Waals surface area contributed by atoms with Crippen molar-refractivity contribution in [3.8, 4) is 0 Å². The summed E-state index contributed by atoms with van der Waals surface area (Å²) in [5, 5.41) is 8.33. The molecule has 0 atom stereocenters. The third kappa shape index (κ3) is 6.06. The maximum Gasteiger partial charge on any atom is 0.0829 e. The molecule has 0 amide bonds. The van der Waals surface area contributed by atoms with Gasteiger partial charge in [0, 0.05) is 13.2 Å². The van der Waals surface area contributed by atoms with Crippen molar-refractivity contribution in [3.63, 3.8) is 0 Å². The highest BCUT2D eigenvalue weighted by molar-refractivity contribution is 4.93. The lowest BCUT2D eigenvalue weighted by Crippen LogP contribution is -2.06. The fourth-order valence-electron chi connectivity index (χ4n) is 3.41. The average molecular weight is 277 g/mol. The Kier molecular flexibility index (Phi) is 7.10. The molecule has 1 aliphatic rings. The Morgan fingerprint density at radius 1 is 0.900 bits per heavy atom. The van der Waals surface area contributed by atoms with E-state index in [9.17, 15) is 0 Å². The van der Waals surface area contributed by atoms with Crippen LogP contribution < -0.4 is 0 Å². The predicted octanol–water partition coefficient (Wildman–Crippen LogP) is 4.67. The molecule has 0 aliphatic heterocycles. The van der Waals surface area contributed by atoms with Crippen LogP contribution in [0.3, 0.4) is 0 Å². The first kappa shape index (κ1) is 15.5. The Balaban J connectivity index is 1.80. The number of aromatic nitrogens is 3. The maximum absolute atomic E-state index is 4.27. The number of hydrogen-bond donors (Lipinski definition) is 0. The second kappa shape index (κ2) is 9.15. The molecule has 3 heteroatoms. The molecule has 0 unspecified atom stereocenters. The predicted molar refractivity (Wildman–Crippen MR) is 83.6 cm³/mol. The summed E-state index contributed by atoms with van der Waals surface area (Å²) in [5.74, 6) is 0.826. The first-order valence-electron chi connectivity index (χ1n) is 8.70. The van der Waals surface area contributed by atoms with E-state index in [0.717, 1.165) is 12.3 Å². The van der Waals surface area contributed by atoms with Crippen LogP contribution in [-0.4, -0.2) is 15.0 Å². The normalized spacial score (nSPS) is 20.9. The summed E-state index contributed by atoms with van der Waals surface area (Å²) < 4.78 is 1.83. The molecule has 2 rings (SSSR count). The van der Waals surface area contributed by atoms with Crippen LogP contribution in [0.5, 0.6) is 0 Å². The molecule has 0 spiro atoms. The molecule has 1 aliphatic carbocycles. The molecule has 0 bridgehead atoms. The number of hydrogen-bond acceptors (Lipinski definition) is 2. The Bertz CT molecular complexity index is 345. The van der Waals surface area contributed by atoms with Gasteiger partial charge in [-0.25, -0.2) is 0 Å². The van der Waals surface area contributed by atoms with Gasteiger partial charge in [-0.15, -0.1) is 5.10 Å². The monoisotopic (exact) mass is 277 g/mol. The van der Waals surface area contributed by atoms with E-state index in [4.69, 9.17) is 0 Å². The lowest BCUT2D eigenvalue weighted by atomic mass is 9.91. The molecule has 3 nitrogen and oxygen atoms in total. The Morgan fingerprint density at radius 3 is 1.85 bits per heavy atom. The Hall–Kier alpha value is -0.860. The number of nitrogens with zero attached hydrogens (tertiary/aromatic N) is 3. The van der Waals surface area contributed by atoms with E-state index in [1.807, 2.05) is 11.7 Å². The zero-order valence-electron chi connectivity index (χ0n) is 13.2. The van der Waals surface area contributed by atoms with Gasteiger partial charge in [-0.2, -0.15) is 0 Å². The van der Waals surface area contributed by atoms with E-state index in [-0.39, 0.29) is 0 Å². The van der Waals surface area contributed by atoms with Crippen LogP contribution in [0.4, 0.5) is 0 Å². The second-order valence-corrected chi connectivity index (χ2v) is 6.57. The summed E-state index contributed by atoms with van der Waals surface area (Å²) in [4.78, 5) is 0. The van der Waals surface area contributed by atoms with Crippen LogP contribution in [0.15, 0.2) is 6.20 Å². The highest BCUT2D eigenvalue weighted by Crippen LogP contribution is 2.23. The quantitative estimate of drug-likeness (QED) is 0.786. The van der Waals surface area contributed by atoms with Crippen molar-refractivity contribution in [2.24, 2.45) is 13.0 Å². The topological polar surface area (TPSA) is 30.7 Å². The van der Waals surface area contributed by atoms with Gasteiger partial charge < -0.3 is 0 Å². The van der Waals surface area contributed by atoms with Crippen LogP contribution >= 0.6 is 0 Å². The summed E-state index contributed by atoms with van der Waals surface area (Å²) in [6, 6.07) is 0. The van der Waals surface area contributed by atoms with Crippen molar-refractivity contribution >= 4 is 0 Å². The van der Waals surface area contributed by atoms with Crippen molar-refractivity contribution in [3.05, 3.63) is 11.9 Å². The van der Waals surface area contributed by atoms with Gasteiger partial charge in [0.05, 0.1) is 5.69 Å². The molecule has 1 aromatic heterocycles. The van der Waals surface area contributed by atoms with Crippen molar-refractivity contribution in [1.29, 1.82) is 0 Å². The number of rotatable bonds is 2. The first-order chi connectivity index (χ1) is 9.84. The summed E-state index contributed by atoms with van der Waals surface area (Å²) in [6.07, 6.45) is 20.4. The molecule has 20 heavy (non-hydrogen) atoms. The van der Waals surface area contributed by atoms with E-state index in [1.165, 1.54) is 82.7 Å². The largest absolute Gasteiger partial charge is 0.255 e. The van der Waals surface area contributed by atoms with E-state index in [1.54, 1.807) is 0 Å². The lowest BCUT2D eigenvalue weighted by Gasteiger charge is -2.15. The highest BCUT2D eigenvalue weighted by Gasteiger charge is 2.12. The molecule has 0 N–H and O–H groups in total. The zero-order chi connectivity index (χ0) is 14.0. The molecule has 1 aromatic rings. The van der Waals surface area contributed by atoms with E-state index >= 15 is 0 Å². The van der Waals surface area contributed by atoms with E-state index in [0.29, 0.717) is 0 Å². The molecule has 1 saturated carbocycles. The molecular weight excluding hydrogens is 246 g/mol.